The van der Waals surface area contributed by atoms with E-state index in [1.807, 2.05) is 0 Å². The zero-order chi connectivity index (χ0) is 11.7. The fraction of sp³-hybridized carbons (Fsp3) is 0.600. The predicted octanol–water partition coefficient (Wildman–Crippen LogP) is -0.0979. The van der Waals surface area contributed by atoms with E-state index in [2.05, 4.69) is 4.98 Å². The molecule has 0 amide bonds. The largest absolute Gasteiger partial charge is 0.494 e. The summed E-state index contributed by atoms with van der Waals surface area (Å²) in [6.45, 7) is 2.62. The van der Waals surface area contributed by atoms with E-state index >= 15 is 0 Å². The minimum atomic E-state index is -0.556. The Balaban J connectivity index is 2.51. The number of aromatic amines is 1. The van der Waals surface area contributed by atoms with Crippen LogP contribution < -0.4 is 11.2 Å². The lowest BCUT2D eigenvalue weighted by atomic mass is 10.1. The number of nitrogens with zero attached hydrogens (tertiary/aromatic N) is 1. The van der Waals surface area contributed by atoms with Crippen molar-refractivity contribution in [3.05, 3.63) is 26.4 Å². The molecule has 1 aromatic heterocycles. The average molecular weight is 226 g/mol. The molecule has 0 aliphatic carbocycles. The zero-order valence-corrected chi connectivity index (χ0v) is 9.02. The molecule has 2 N–H and O–H groups in total. The summed E-state index contributed by atoms with van der Waals surface area (Å²) in [7, 11) is 0. The van der Waals surface area contributed by atoms with Gasteiger partial charge in [-0.3, -0.25) is 14.3 Å². The van der Waals surface area contributed by atoms with Crippen molar-refractivity contribution < 1.29 is 9.84 Å². The Morgan fingerprint density at radius 3 is 2.62 bits per heavy atom. The van der Waals surface area contributed by atoms with Gasteiger partial charge in [-0.1, -0.05) is 0 Å². The molecular formula is C10H14N2O4. The van der Waals surface area contributed by atoms with Crippen molar-refractivity contribution in [1.29, 1.82) is 0 Å². The smallest absolute Gasteiger partial charge is 0.331 e. The highest BCUT2D eigenvalue weighted by atomic mass is 16.5. The first kappa shape index (κ1) is 10.9. The van der Waals surface area contributed by atoms with E-state index in [4.69, 9.17) is 4.74 Å². The molecule has 1 fully saturated rings. The highest BCUT2D eigenvalue weighted by Gasteiger charge is 2.21. The van der Waals surface area contributed by atoms with E-state index in [0.29, 0.717) is 26.1 Å². The van der Waals surface area contributed by atoms with E-state index in [1.165, 1.54) is 11.5 Å². The topological polar surface area (TPSA) is 84.3 Å². The van der Waals surface area contributed by atoms with E-state index in [1.54, 1.807) is 0 Å². The molecular weight excluding hydrogens is 212 g/mol. The Morgan fingerprint density at radius 1 is 1.38 bits per heavy atom. The summed E-state index contributed by atoms with van der Waals surface area (Å²) in [4.78, 5) is 25.1. The molecule has 0 saturated carbocycles. The fourth-order valence-electron chi connectivity index (χ4n) is 1.91. The van der Waals surface area contributed by atoms with Crippen LogP contribution in [0.4, 0.5) is 0 Å². The second kappa shape index (κ2) is 4.13. The van der Waals surface area contributed by atoms with E-state index in [0.717, 1.165) is 0 Å². The first-order chi connectivity index (χ1) is 7.61. The molecule has 6 heteroatoms. The van der Waals surface area contributed by atoms with Crippen LogP contribution in [-0.4, -0.2) is 27.9 Å². The molecule has 0 radical (unpaired) electrons. The Hall–Kier alpha value is -1.56. The molecule has 0 bridgehead atoms. The maximum atomic E-state index is 11.6. The number of rotatable bonds is 1. The summed E-state index contributed by atoms with van der Waals surface area (Å²) in [6.07, 6.45) is 1.33. The molecule has 0 spiro atoms. The standard InChI is InChI=1S/C10H14N2O4/c1-6-8(13)11-10(15)12(9(6)14)7-2-4-16-5-3-7/h7,14H,2-5H2,1H3,(H,11,13,15). The lowest BCUT2D eigenvalue weighted by molar-refractivity contribution is 0.0659. The predicted molar refractivity (Wildman–Crippen MR) is 56.8 cm³/mol. The summed E-state index contributed by atoms with van der Waals surface area (Å²) in [6, 6.07) is -0.100. The molecule has 1 saturated heterocycles. The van der Waals surface area contributed by atoms with Crippen LogP contribution in [0.15, 0.2) is 9.59 Å². The number of hydrogen-bond donors (Lipinski definition) is 2. The lowest BCUT2D eigenvalue weighted by Crippen LogP contribution is -2.35. The molecule has 1 aliphatic rings. The number of aromatic nitrogens is 2. The molecule has 0 unspecified atom stereocenters. The van der Waals surface area contributed by atoms with Crippen molar-refractivity contribution >= 4 is 0 Å². The summed E-state index contributed by atoms with van der Waals surface area (Å²) in [5.74, 6) is -0.236. The van der Waals surface area contributed by atoms with E-state index in [9.17, 15) is 14.7 Å². The van der Waals surface area contributed by atoms with Gasteiger partial charge in [0.15, 0.2) is 0 Å². The second-order valence-corrected chi connectivity index (χ2v) is 3.92. The van der Waals surface area contributed by atoms with Crippen molar-refractivity contribution in [2.24, 2.45) is 0 Å². The van der Waals surface area contributed by atoms with Gasteiger partial charge in [-0.05, 0) is 19.8 Å². The quantitative estimate of drug-likeness (QED) is 0.700. The number of hydrogen-bond acceptors (Lipinski definition) is 4. The molecule has 1 aromatic rings. The molecule has 2 rings (SSSR count). The number of H-pyrrole nitrogens is 1. The van der Waals surface area contributed by atoms with Gasteiger partial charge in [-0.2, -0.15) is 0 Å². The Morgan fingerprint density at radius 2 is 2.00 bits per heavy atom. The number of nitrogens with one attached hydrogen (secondary N) is 1. The highest BCUT2D eigenvalue weighted by molar-refractivity contribution is 5.21. The molecule has 6 nitrogen and oxygen atoms in total. The van der Waals surface area contributed by atoms with E-state index in [-0.39, 0.29) is 17.5 Å². The first-order valence-electron chi connectivity index (χ1n) is 5.23. The van der Waals surface area contributed by atoms with Gasteiger partial charge >= 0.3 is 5.69 Å². The molecule has 2 heterocycles. The van der Waals surface area contributed by atoms with Gasteiger partial charge in [0.1, 0.15) is 0 Å². The van der Waals surface area contributed by atoms with Crippen molar-refractivity contribution in [3.63, 3.8) is 0 Å². The van der Waals surface area contributed by atoms with Crippen molar-refractivity contribution in [2.45, 2.75) is 25.8 Å². The third-order valence-electron chi connectivity index (χ3n) is 2.90. The average Bonchev–Trinajstić information content (AvgIpc) is 2.28. The normalized spacial score (nSPS) is 17.6. The van der Waals surface area contributed by atoms with Crippen LogP contribution in [0.1, 0.15) is 24.4 Å². The van der Waals surface area contributed by atoms with Crippen LogP contribution in [0.5, 0.6) is 5.88 Å². The van der Waals surface area contributed by atoms with Crippen molar-refractivity contribution in [1.82, 2.24) is 9.55 Å². The Labute approximate surface area is 91.5 Å². The van der Waals surface area contributed by atoms with Crippen molar-refractivity contribution in [2.75, 3.05) is 13.2 Å². The van der Waals surface area contributed by atoms with Crippen molar-refractivity contribution in [3.8, 4) is 5.88 Å². The molecule has 0 atom stereocenters. The van der Waals surface area contributed by atoms with Crippen LogP contribution in [0.3, 0.4) is 0 Å². The van der Waals surface area contributed by atoms with Crippen LogP contribution in [0, 0.1) is 6.92 Å². The van der Waals surface area contributed by atoms with Crippen LogP contribution in [-0.2, 0) is 4.74 Å². The highest BCUT2D eigenvalue weighted by Crippen LogP contribution is 2.23. The number of aromatic hydroxyl groups is 1. The monoisotopic (exact) mass is 226 g/mol. The van der Waals surface area contributed by atoms with Crippen LogP contribution in [0.2, 0.25) is 0 Å². The van der Waals surface area contributed by atoms with Gasteiger partial charge in [0.05, 0.1) is 5.56 Å². The first-order valence-corrected chi connectivity index (χ1v) is 5.23. The Bertz CT molecular complexity index is 497. The summed E-state index contributed by atoms with van der Waals surface area (Å²) in [5, 5.41) is 9.81. The third kappa shape index (κ3) is 1.76. The van der Waals surface area contributed by atoms with Crippen LogP contribution >= 0.6 is 0 Å². The van der Waals surface area contributed by atoms with Crippen LogP contribution in [0.25, 0.3) is 0 Å². The fourth-order valence-corrected chi connectivity index (χ4v) is 1.91. The van der Waals surface area contributed by atoms with Gasteiger partial charge in [-0.15, -0.1) is 0 Å². The minimum Gasteiger partial charge on any atom is -0.494 e. The number of ether oxygens (including phenoxy) is 1. The van der Waals surface area contributed by atoms with Gasteiger partial charge in [-0.25, -0.2) is 4.79 Å². The van der Waals surface area contributed by atoms with Gasteiger partial charge in [0.2, 0.25) is 5.88 Å². The van der Waals surface area contributed by atoms with E-state index < -0.39 is 11.2 Å². The zero-order valence-electron chi connectivity index (χ0n) is 9.02. The SMILES string of the molecule is Cc1c(O)n(C2CCOCC2)c(=O)[nH]c1=O. The molecule has 16 heavy (non-hydrogen) atoms. The molecule has 0 aromatic carbocycles. The molecule has 88 valence electrons. The molecule has 1 aliphatic heterocycles. The minimum absolute atomic E-state index is 0.100. The summed E-state index contributed by atoms with van der Waals surface area (Å²) < 4.78 is 6.44. The third-order valence-corrected chi connectivity index (χ3v) is 2.90. The Kier molecular flexibility index (Phi) is 2.82. The second-order valence-electron chi connectivity index (χ2n) is 3.92. The maximum Gasteiger partial charge on any atom is 0.331 e. The van der Waals surface area contributed by atoms with Gasteiger partial charge < -0.3 is 9.84 Å². The van der Waals surface area contributed by atoms with Gasteiger partial charge in [0, 0.05) is 19.3 Å². The maximum absolute atomic E-state index is 11.6. The summed E-state index contributed by atoms with van der Waals surface area (Å²) >= 11 is 0. The van der Waals surface area contributed by atoms with Gasteiger partial charge in [0.25, 0.3) is 5.56 Å². The summed E-state index contributed by atoms with van der Waals surface area (Å²) in [5.41, 5.74) is -0.920. The lowest BCUT2D eigenvalue weighted by Gasteiger charge is -2.24.